The first-order valence-corrected chi connectivity index (χ1v) is 3.45. The van der Waals surface area contributed by atoms with Gasteiger partial charge in [-0.15, -0.1) is 12.3 Å². The van der Waals surface area contributed by atoms with Crippen LogP contribution < -0.4 is 4.74 Å². The Morgan fingerprint density at radius 1 is 1.50 bits per heavy atom. The lowest BCUT2D eigenvalue weighted by Crippen LogP contribution is -1.79. The van der Waals surface area contributed by atoms with Gasteiger partial charge < -0.3 is 9.84 Å². The van der Waals surface area contributed by atoms with E-state index in [9.17, 15) is 0 Å². The zero-order valence-corrected chi connectivity index (χ0v) is 7.24. The molecule has 1 aromatic carbocycles. The monoisotopic (exact) mass is 164 g/mol. The van der Waals surface area contributed by atoms with E-state index in [1.54, 1.807) is 38.3 Å². The highest BCUT2D eigenvalue weighted by Gasteiger charge is 1.88. The first-order chi connectivity index (χ1) is 5.74. The van der Waals surface area contributed by atoms with Crippen molar-refractivity contribution >= 4 is 0 Å². The third-order valence-electron chi connectivity index (χ3n) is 1.05. The molecule has 0 aliphatic rings. The Morgan fingerprint density at radius 3 is 2.42 bits per heavy atom. The second-order valence-corrected chi connectivity index (χ2v) is 1.99. The average Bonchev–Trinajstić information content (AvgIpc) is 2.06. The molecule has 0 fully saturated rings. The van der Waals surface area contributed by atoms with Gasteiger partial charge in [0.25, 0.3) is 0 Å². The summed E-state index contributed by atoms with van der Waals surface area (Å²) in [6.07, 6.45) is 4.60. The van der Waals surface area contributed by atoms with Crippen LogP contribution in [0.5, 0.6) is 11.5 Å². The lowest BCUT2D eigenvalue weighted by atomic mass is 10.3. The summed E-state index contributed by atoms with van der Waals surface area (Å²) in [6.45, 7) is 1.65. The number of hydrogen-bond acceptors (Lipinski definition) is 2. The van der Waals surface area contributed by atoms with Gasteiger partial charge in [0.2, 0.25) is 0 Å². The zero-order valence-electron chi connectivity index (χ0n) is 7.24. The van der Waals surface area contributed by atoms with E-state index in [0.717, 1.165) is 0 Å². The molecule has 0 aliphatic carbocycles. The van der Waals surface area contributed by atoms with Crippen LogP contribution in [0.4, 0.5) is 0 Å². The van der Waals surface area contributed by atoms with E-state index in [-0.39, 0.29) is 5.75 Å². The standard InChI is InChI=1S/C7H8O2.C3H4/c1-9-7-4-2-3-6(8)5-7;1-3-2/h2-5,8H,1H3;1H,2H3. The molecule has 0 radical (unpaired) electrons. The first kappa shape index (κ1) is 10.4. The number of terminal acetylenes is 1. The van der Waals surface area contributed by atoms with Gasteiger partial charge in [0.05, 0.1) is 7.11 Å². The van der Waals surface area contributed by atoms with Crippen LogP contribution in [0.25, 0.3) is 0 Å². The topological polar surface area (TPSA) is 29.5 Å². The molecule has 0 saturated carbocycles. The van der Waals surface area contributed by atoms with Crippen molar-refractivity contribution in [1.82, 2.24) is 0 Å². The molecule has 1 N–H and O–H groups in total. The highest BCUT2D eigenvalue weighted by atomic mass is 16.5. The van der Waals surface area contributed by atoms with Gasteiger partial charge in [-0.2, -0.15) is 0 Å². The van der Waals surface area contributed by atoms with Gasteiger partial charge >= 0.3 is 0 Å². The molecule has 0 saturated heterocycles. The normalized spacial score (nSPS) is 7.42. The number of rotatable bonds is 1. The number of phenols is 1. The lowest BCUT2D eigenvalue weighted by molar-refractivity contribution is 0.407. The molecule has 0 aliphatic heterocycles. The quantitative estimate of drug-likeness (QED) is 0.643. The second kappa shape index (κ2) is 6.11. The number of hydrogen-bond donors (Lipinski definition) is 1. The van der Waals surface area contributed by atoms with Gasteiger partial charge in [-0.3, -0.25) is 0 Å². The molecule has 12 heavy (non-hydrogen) atoms. The fourth-order valence-corrected chi connectivity index (χ4v) is 0.610. The molecular formula is C10H12O2. The van der Waals surface area contributed by atoms with Crippen molar-refractivity contribution in [3.8, 4) is 23.8 Å². The van der Waals surface area contributed by atoms with E-state index < -0.39 is 0 Å². The summed E-state index contributed by atoms with van der Waals surface area (Å²) in [5.74, 6) is 3.16. The van der Waals surface area contributed by atoms with Gasteiger partial charge in [0, 0.05) is 6.07 Å². The fourth-order valence-electron chi connectivity index (χ4n) is 0.610. The number of aromatic hydroxyl groups is 1. The Bertz CT molecular complexity index is 261. The van der Waals surface area contributed by atoms with E-state index in [1.165, 1.54) is 0 Å². The third kappa shape index (κ3) is 4.24. The second-order valence-electron chi connectivity index (χ2n) is 1.99. The van der Waals surface area contributed by atoms with Crippen molar-refractivity contribution in [2.75, 3.05) is 7.11 Å². The van der Waals surface area contributed by atoms with E-state index in [1.807, 2.05) is 0 Å². The molecule has 2 heteroatoms. The number of phenolic OH excluding ortho intramolecular Hbond substituents is 1. The average molecular weight is 164 g/mol. The summed E-state index contributed by atoms with van der Waals surface area (Å²) in [4.78, 5) is 0. The van der Waals surface area contributed by atoms with Crippen LogP contribution in [0.15, 0.2) is 24.3 Å². The molecule has 0 atom stereocenters. The van der Waals surface area contributed by atoms with Gasteiger partial charge in [0.1, 0.15) is 11.5 Å². The van der Waals surface area contributed by atoms with Crippen molar-refractivity contribution in [3.63, 3.8) is 0 Å². The largest absolute Gasteiger partial charge is 0.508 e. The SMILES string of the molecule is C#CC.COc1cccc(O)c1. The minimum absolute atomic E-state index is 0.231. The molecule has 0 aromatic heterocycles. The van der Waals surface area contributed by atoms with Crippen LogP contribution in [-0.4, -0.2) is 12.2 Å². The van der Waals surface area contributed by atoms with Crippen LogP contribution in [0.2, 0.25) is 0 Å². The summed E-state index contributed by atoms with van der Waals surface area (Å²) < 4.78 is 4.84. The van der Waals surface area contributed by atoms with E-state index in [2.05, 4.69) is 12.3 Å². The van der Waals surface area contributed by atoms with Gasteiger partial charge in [0.15, 0.2) is 0 Å². The molecule has 0 amide bonds. The zero-order chi connectivity index (χ0) is 9.40. The molecule has 0 spiro atoms. The van der Waals surface area contributed by atoms with E-state index in [0.29, 0.717) is 5.75 Å². The number of benzene rings is 1. The van der Waals surface area contributed by atoms with Crippen LogP contribution in [-0.2, 0) is 0 Å². The highest BCUT2D eigenvalue weighted by molar-refractivity contribution is 5.31. The Labute approximate surface area is 72.8 Å². The molecule has 64 valence electrons. The van der Waals surface area contributed by atoms with Gasteiger partial charge in [-0.05, 0) is 19.1 Å². The van der Waals surface area contributed by atoms with E-state index in [4.69, 9.17) is 9.84 Å². The van der Waals surface area contributed by atoms with Crippen molar-refractivity contribution in [1.29, 1.82) is 0 Å². The fraction of sp³-hybridized carbons (Fsp3) is 0.200. The number of methoxy groups -OCH3 is 1. The molecule has 1 rings (SSSR count). The lowest BCUT2D eigenvalue weighted by Gasteiger charge is -1.97. The minimum atomic E-state index is 0.231. The third-order valence-corrected chi connectivity index (χ3v) is 1.05. The smallest absolute Gasteiger partial charge is 0.122 e. The predicted octanol–water partition coefficient (Wildman–Crippen LogP) is 2.04. The van der Waals surface area contributed by atoms with Crippen LogP contribution in [0.3, 0.4) is 0 Å². The summed E-state index contributed by atoms with van der Waals surface area (Å²) in [5.41, 5.74) is 0. The highest BCUT2D eigenvalue weighted by Crippen LogP contribution is 2.16. The minimum Gasteiger partial charge on any atom is -0.508 e. The Morgan fingerprint density at radius 2 is 2.08 bits per heavy atom. The van der Waals surface area contributed by atoms with Gasteiger partial charge in [-0.1, -0.05) is 6.07 Å². The molecule has 0 bridgehead atoms. The maximum atomic E-state index is 8.86. The van der Waals surface area contributed by atoms with Crippen LogP contribution >= 0.6 is 0 Å². The molecule has 1 aromatic rings. The summed E-state index contributed by atoms with van der Waals surface area (Å²) in [7, 11) is 1.56. The van der Waals surface area contributed by atoms with Crippen molar-refractivity contribution < 1.29 is 9.84 Å². The summed E-state index contributed by atoms with van der Waals surface area (Å²) in [6, 6.07) is 6.66. The molecule has 0 unspecified atom stereocenters. The van der Waals surface area contributed by atoms with Crippen LogP contribution in [0.1, 0.15) is 6.92 Å². The van der Waals surface area contributed by atoms with Crippen molar-refractivity contribution in [2.45, 2.75) is 6.92 Å². The van der Waals surface area contributed by atoms with E-state index >= 15 is 0 Å². The summed E-state index contributed by atoms with van der Waals surface area (Å²) in [5, 5.41) is 8.86. The Balaban J connectivity index is 0.000000354. The van der Waals surface area contributed by atoms with Crippen molar-refractivity contribution in [2.24, 2.45) is 0 Å². The maximum absolute atomic E-state index is 8.86. The summed E-state index contributed by atoms with van der Waals surface area (Å²) >= 11 is 0. The number of ether oxygens (including phenoxy) is 1. The van der Waals surface area contributed by atoms with Crippen LogP contribution in [0, 0.1) is 12.3 Å². The Kier molecular flexibility index (Phi) is 5.29. The maximum Gasteiger partial charge on any atom is 0.122 e. The first-order valence-electron chi connectivity index (χ1n) is 3.45. The van der Waals surface area contributed by atoms with Crippen molar-refractivity contribution in [3.05, 3.63) is 24.3 Å². The molecular weight excluding hydrogens is 152 g/mol. The van der Waals surface area contributed by atoms with Gasteiger partial charge in [-0.25, -0.2) is 0 Å². The molecule has 0 heterocycles. The Hall–Kier alpha value is -1.62. The molecule has 2 nitrogen and oxygen atoms in total. The predicted molar refractivity (Wildman–Crippen MR) is 49.2 cm³/mol.